The first-order valence-electron chi connectivity index (χ1n) is 10.9. The van der Waals surface area contributed by atoms with Crippen LogP contribution in [0.15, 0.2) is 30.5 Å². The van der Waals surface area contributed by atoms with Crippen LogP contribution in [0.5, 0.6) is 0 Å². The van der Waals surface area contributed by atoms with E-state index in [1.165, 1.54) is 0 Å². The Morgan fingerprint density at radius 1 is 0.917 bits per heavy atom. The van der Waals surface area contributed by atoms with Crippen molar-refractivity contribution in [3.05, 3.63) is 36.0 Å². The number of primary amides is 2. The predicted molar refractivity (Wildman–Crippen MR) is 127 cm³/mol. The molecule has 0 aliphatic carbocycles. The average molecular weight is 504 g/mol. The van der Waals surface area contributed by atoms with Crippen LogP contribution in [0.25, 0.3) is 10.9 Å². The van der Waals surface area contributed by atoms with Gasteiger partial charge in [0.15, 0.2) is 0 Å². The number of hydrogen-bond acceptors (Lipinski definition) is 7. The normalized spacial score (nSPS) is 13.2. The molecule has 0 saturated heterocycles. The Kier molecular flexibility index (Phi) is 9.92. The first kappa shape index (κ1) is 27.8. The lowest BCUT2D eigenvalue weighted by Crippen LogP contribution is -2.57. The third kappa shape index (κ3) is 8.39. The molecule has 2 aromatic rings. The molecule has 0 bridgehead atoms. The lowest BCUT2D eigenvalue weighted by molar-refractivity contribution is -0.138. The molecule has 14 heteroatoms. The molecular weight excluding hydrogens is 474 g/mol. The van der Waals surface area contributed by atoms with Crippen molar-refractivity contribution in [3.63, 3.8) is 0 Å². The number of carbonyl (C=O) groups is 6. The van der Waals surface area contributed by atoms with E-state index in [2.05, 4.69) is 20.9 Å². The van der Waals surface area contributed by atoms with Crippen LogP contribution >= 0.6 is 0 Å². The van der Waals surface area contributed by atoms with E-state index in [9.17, 15) is 28.8 Å². The van der Waals surface area contributed by atoms with E-state index in [4.69, 9.17) is 22.3 Å². The first-order chi connectivity index (χ1) is 17.0. The fourth-order valence-corrected chi connectivity index (χ4v) is 3.43. The Balaban J connectivity index is 2.25. The van der Waals surface area contributed by atoms with Gasteiger partial charge in [-0.3, -0.25) is 28.8 Å². The van der Waals surface area contributed by atoms with Crippen molar-refractivity contribution in [3.8, 4) is 0 Å². The summed E-state index contributed by atoms with van der Waals surface area (Å²) in [6, 6.07) is 3.34. The summed E-state index contributed by atoms with van der Waals surface area (Å²) in [5, 5.41) is 16.7. The molecule has 11 N–H and O–H groups in total. The van der Waals surface area contributed by atoms with Crippen molar-refractivity contribution >= 4 is 46.4 Å². The van der Waals surface area contributed by atoms with E-state index in [0.29, 0.717) is 5.56 Å². The third-order valence-corrected chi connectivity index (χ3v) is 5.22. The molecule has 2 rings (SSSR count). The van der Waals surface area contributed by atoms with Gasteiger partial charge < -0.3 is 43.2 Å². The number of aromatic amines is 1. The maximum atomic E-state index is 13.1. The van der Waals surface area contributed by atoms with Gasteiger partial charge in [-0.2, -0.15) is 0 Å². The zero-order chi connectivity index (χ0) is 26.8. The van der Waals surface area contributed by atoms with Crippen LogP contribution < -0.4 is 33.2 Å². The minimum Gasteiger partial charge on any atom is -0.480 e. The summed E-state index contributed by atoms with van der Waals surface area (Å²) in [5.74, 6) is -5.34. The molecule has 0 aliphatic rings. The van der Waals surface area contributed by atoms with Gasteiger partial charge in [0.2, 0.25) is 29.5 Å². The summed E-state index contributed by atoms with van der Waals surface area (Å²) in [7, 11) is 0. The molecule has 3 unspecified atom stereocenters. The van der Waals surface area contributed by atoms with E-state index < -0.39 is 66.6 Å². The fraction of sp³-hybridized carbons (Fsp3) is 0.364. The number of aromatic nitrogens is 1. The molecule has 0 spiro atoms. The zero-order valence-electron chi connectivity index (χ0n) is 19.3. The van der Waals surface area contributed by atoms with Crippen LogP contribution in [-0.4, -0.2) is 70.3 Å². The number of aliphatic carboxylic acids is 1. The number of carboxylic acids is 1. The number of H-pyrrole nitrogens is 1. The average Bonchev–Trinajstić information content (AvgIpc) is 3.21. The number of hydrogen-bond donors (Lipinski definition) is 8. The van der Waals surface area contributed by atoms with Gasteiger partial charge in [0.1, 0.15) is 18.6 Å². The zero-order valence-corrected chi connectivity index (χ0v) is 19.3. The highest BCUT2D eigenvalue weighted by Gasteiger charge is 2.29. The number of nitrogens with two attached hydrogens (primary N) is 3. The molecule has 1 aromatic carbocycles. The largest absolute Gasteiger partial charge is 0.480 e. The molecule has 0 radical (unpaired) electrons. The van der Waals surface area contributed by atoms with Crippen LogP contribution in [0, 0.1) is 0 Å². The SMILES string of the molecule is NC(=O)CCC(NC(=O)C(N)CC(N)=O)C(=O)NC(Cc1c[nH]c2ccccc12)C(=O)NCC(=O)O. The summed E-state index contributed by atoms with van der Waals surface area (Å²) < 4.78 is 0. The van der Waals surface area contributed by atoms with Crippen LogP contribution in [0.4, 0.5) is 0 Å². The second kappa shape index (κ2) is 12.9. The number of rotatable bonds is 14. The fourth-order valence-electron chi connectivity index (χ4n) is 3.43. The van der Waals surface area contributed by atoms with Gasteiger partial charge >= 0.3 is 5.97 Å². The molecule has 36 heavy (non-hydrogen) atoms. The van der Waals surface area contributed by atoms with Gasteiger partial charge in [0, 0.05) is 29.9 Å². The van der Waals surface area contributed by atoms with E-state index in [1.54, 1.807) is 12.3 Å². The minimum absolute atomic E-state index is 0.0150. The highest BCUT2D eigenvalue weighted by Crippen LogP contribution is 2.19. The molecule has 0 saturated carbocycles. The Morgan fingerprint density at radius 2 is 1.58 bits per heavy atom. The van der Waals surface area contributed by atoms with Crippen LogP contribution in [0.2, 0.25) is 0 Å². The monoisotopic (exact) mass is 503 g/mol. The third-order valence-electron chi connectivity index (χ3n) is 5.22. The smallest absolute Gasteiger partial charge is 0.322 e. The molecule has 1 aromatic heterocycles. The number of benzene rings is 1. The maximum absolute atomic E-state index is 13.1. The standard InChI is InChI=1S/C22H29N7O7/c23-13(8-18(25)31)20(34)28-15(5-6-17(24)30)22(36)29-16(21(35)27-10-19(32)33)7-11-9-26-14-4-2-1-3-12(11)14/h1-4,9,13,15-16,26H,5-8,10,23H2,(H2,24,30)(H2,25,31)(H,27,35)(H,28,34)(H,29,36)(H,32,33). The summed E-state index contributed by atoms with van der Waals surface area (Å²) in [6.07, 6.45) is 0.674. The van der Waals surface area contributed by atoms with Gasteiger partial charge in [0.25, 0.3) is 0 Å². The molecule has 3 atom stereocenters. The second-order valence-electron chi connectivity index (χ2n) is 8.08. The summed E-state index contributed by atoms with van der Waals surface area (Å²) in [6.45, 7) is -0.678. The van der Waals surface area contributed by atoms with Crippen molar-refractivity contribution < 1.29 is 33.9 Å². The number of nitrogens with one attached hydrogen (secondary N) is 4. The topological polar surface area (TPSA) is 253 Å². The van der Waals surface area contributed by atoms with Gasteiger partial charge in [-0.25, -0.2) is 0 Å². The van der Waals surface area contributed by atoms with E-state index in [0.717, 1.165) is 10.9 Å². The Morgan fingerprint density at radius 3 is 2.22 bits per heavy atom. The number of amides is 5. The number of fused-ring (bicyclic) bond motifs is 1. The Bertz CT molecular complexity index is 1150. The number of para-hydroxylation sites is 1. The van der Waals surface area contributed by atoms with Gasteiger partial charge in [0.05, 0.1) is 12.5 Å². The quantitative estimate of drug-likeness (QED) is 0.135. The van der Waals surface area contributed by atoms with Crippen molar-refractivity contribution in [2.45, 2.75) is 43.8 Å². The number of carboxylic acid groups (broad SMARTS) is 1. The van der Waals surface area contributed by atoms with Crippen molar-refractivity contribution in [1.82, 2.24) is 20.9 Å². The molecular formula is C22H29N7O7. The maximum Gasteiger partial charge on any atom is 0.322 e. The lowest BCUT2D eigenvalue weighted by atomic mass is 10.0. The summed E-state index contributed by atoms with van der Waals surface area (Å²) >= 11 is 0. The first-order valence-corrected chi connectivity index (χ1v) is 10.9. The van der Waals surface area contributed by atoms with Gasteiger partial charge in [-0.05, 0) is 18.1 Å². The molecule has 1 heterocycles. The molecule has 14 nitrogen and oxygen atoms in total. The highest BCUT2D eigenvalue weighted by atomic mass is 16.4. The van der Waals surface area contributed by atoms with Crippen molar-refractivity contribution in [2.24, 2.45) is 17.2 Å². The number of carbonyl (C=O) groups excluding carboxylic acids is 5. The van der Waals surface area contributed by atoms with Crippen LogP contribution in [-0.2, 0) is 35.2 Å². The molecule has 0 fully saturated rings. The van der Waals surface area contributed by atoms with Crippen molar-refractivity contribution in [2.75, 3.05) is 6.54 Å². The van der Waals surface area contributed by atoms with E-state index in [1.807, 2.05) is 18.2 Å². The molecule has 5 amide bonds. The minimum atomic E-state index is -1.34. The molecule has 0 aliphatic heterocycles. The summed E-state index contributed by atoms with van der Waals surface area (Å²) in [5.41, 5.74) is 17.3. The lowest BCUT2D eigenvalue weighted by Gasteiger charge is -2.24. The van der Waals surface area contributed by atoms with Crippen molar-refractivity contribution in [1.29, 1.82) is 0 Å². The second-order valence-corrected chi connectivity index (χ2v) is 8.08. The van der Waals surface area contributed by atoms with Crippen LogP contribution in [0.3, 0.4) is 0 Å². The summed E-state index contributed by atoms with van der Waals surface area (Å²) in [4.78, 5) is 74.5. The Hall–Kier alpha value is -4.46. The predicted octanol–water partition coefficient (Wildman–Crippen LogP) is -2.65. The van der Waals surface area contributed by atoms with E-state index in [-0.39, 0.29) is 19.3 Å². The highest BCUT2D eigenvalue weighted by molar-refractivity contribution is 5.95. The Labute approximate surface area is 205 Å². The van der Waals surface area contributed by atoms with Crippen LogP contribution in [0.1, 0.15) is 24.8 Å². The van der Waals surface area contributed by atoms with Gasteiger partial charge in [-0.1, -0.05) is 18.2 Å². The van der Waals surface area contributed by atoms with E-state index >= 15 is 0 Å². The molecule has 194 valence electrons. The van der Waals surface area contributed by atoms with Gasteiger partial charge in [-0.15, -0.1) is 0 Å².